The second kappa shape index (κ2) is 8.71. The number of halogens is 1. The fraction of sp³-hybridized carbons (Fsp3) is 0.625. The van der Waals surface area contributed by atoms with Gasteiger partial charge in [-0.1, -0.05) is 0 Å². The van der Waals surface area contributed by atoms with E-state index in [1.54, 1.807) is 18.4 Å². The van der Waals surface area contributed by atoms with Gasteiger partial charge in [0, 0.05) is 18.5 Å². The van der Waals surface area contributed by atoms with E-state index in [1.807, 2.05) is 40.7 Å². The van der Waals surface area contributed by atoms with Crippen molar-refractivity contribution < 1.29 is 9.53 Å². The van der Waals surface area contributed by atoms with E-state index in [9.17, 15) is 4.79 Å². The molecule has 1 amide bonds. The van der Waals surface area contributed by atoms with Gasteiger partial charge >= 0.3 is 6.09 Å². The molecular formula is C16H27BrN4O2S. The molecule has 0 aromatic carbocycles. The molecule has 1 rings (SSSR count). The minimum Gasteiger partial charge on any atom is -0.444 e. The summed E-state index contributed by atoms with van der Waals surface area (Å²) in [4.78, 5) is 17.3. The Hall–Kier alpha value is -1.28. The number of hydrogen-bond donors (Lipinski definition) is 3. The molecule has 0 unspecified atom stereocenters. The summed E-state index contributed by atoms with van der Waals surface area (Å²) in [6.45, 7) is 10.6. The second-order valence-electron chi connectivity index (χ2n) is 7.00. The standard InChI is InChI=1S/C16H27BrN4O2S/c1-15(2,3)23-14(22)21-16(4,5)10-20-13(18-6)19-9-11-7-8-12(17)24-11/h7-8H,9-10H2,1-6H3,(H,21,22)(H2,18,19,20). The third kappa shape index (κ3) is 8.54. The summed E-state index contributed by atoms with van der Waals surface area (Å²) in [6.07, 6.45) is -0.430. The van der Waals surface area contributed by atoms with Crippen LogP contribution in [-0.4, -0.2) is 36.8 Å². The Kier molecular flexibility index (Phi) is 7.54. The monoisotopic (exact) mass is 418 g/mol. The number of alkyl carbamates (subject to hydrolysis) is 1. The van der Waals surface area contributed by atoms with Crippen molar-refractivity contribution in [1.82, 2.24) is 16.0 Å². The third-order valence-electron chi connectivity index (χ3n) is 2.82. The molecule has 0 fully saturated rings. The van der Waals surface area contributed by atoms with Gasteiger partial charge in [0.15, 0.2) is 5.96 Å². The van der Waals surface area contributed by atoms with Crippen LogP contribution in [0.25, 0.3) is 0 Å². The molecule has 0 aliphatic rings. The fourth-order valence-corrected chi connectivity index (χ4v) is 3.19. The Morgan fingerprint density at radius 2 is 1.92 bits per heavy atom. The van der Waals surface area contributed by atoms with E-state index in [0.29, 0.717) is 19.0 Å². The predicted molar refractivity (Wildman–Crippen MR) is 104 cm³/mol. The zero-order chi connectivity index (χ0) is 18.4. The van der Waals surface area contributed by atoms with E-state index in [1.165, 1.54) is 4.88 Å². The molecule has 8 heteroatoms. The average Bonchev–Trinajstić information content (AvgIpc) is 2.81. The van der Waals surface area contributed by atoms with Gasteiger partial charge in [-0.2, -0.15) is 0 Å². The third-order valence-corrected chi connectivity index (χ3v) is 4.44. The molecule has 0 spiro atoms. The smallest absolute Gasteiger partial charge is 0.408 e. The molecule has 136 valence electrons. The van der Waals surface area contributed by atoms with Crippen LogP contribution in [0.15, 0.2) is 20.9 Å². The van der Waals surface area contributed by atoms with Crippen LogP contribution in [0.3, 0.4) is 0 Å². The summed E-state index contributed by atoms with van der Waals surface area (Å²) >= 11 is 5.12. The lowest BCUT2D eigenvalue weighted by Gasteiger charge is -2.29. The van der Waals surface area contributed by atoms with Crippen LogP contribution in [0.5, 0.6) is 0 Å². The van der Waals surface area contributed by atoms with Crippen molar-refractivity contribution in [3.63, 3.8) is 0 Å². The fourth-order valence-electron chi connectivity index (χ4n) is 1.77. The van der Waals surface area contributed by atoms with Gasteiger partial charge in [-0.15, -0.1) is 11.3 Å². The molecular weight excluding hydrogens is 392 g/mol. The number of hydrogen-bond acceptors (Lipinski definition) is 4. The van der Waals surface area contributed by atoms with Gasteiger partial charge in [0.05, 0.1) is 15.9 Å². The largest absolute Gasteiger partial charge is 0.444 e. The number of thiophene rings is 1. The number of amides is 1. The van der Waals surface area contributed by atoms with Crippen LogP contribution in [0.4, 0.5) is 4.79 Å². The SMILES string of the molecule is CN=C(NCc1ccc(Br)s1)NCC(C)(C)NC(=O)OC(C)(C)C. The number of nitrogens with one attached hydrogen (secondary N) is 3. The van der Waals surface area contributed by atoms with Crippen LogP contribution in [0, 0.1) is 0 Å². The zero-order valence-electron chi connectivity index (χ0n) is 15.1. The molecule has 1 aromatic rings. The Labute approximate surface area is 156 Å². The topological polar surface area (TPSA) is 74.8 Å². The molecule has 3 N–H and O–H groups in total. The van der Waals surface area contributed by atoms with Crippen LogP contribution in [-0.2, 0) is 11.3 Å². The number of rotatable bonds is 5. The highest BCUT2D eigenvalue weighted by Crippen LogP contribution is 2.21. The van der Waals surface area contributed by atoms with Crippen molar-refractivity contribution in [2.75, 3.05) is 13.6 Å². The van der Waals surface area contributed by atoms with Crippen molar-refractivity contribution in [2.45, 2.75) is 52.3 Å². The first-order valence-electron chi connectivity index (χ1n) is 7.71. The summed E-state index contributed by atoms with van der Waals surface area (Å²) in [5, 5.41) is 9.32. The summed E-state index contributed by atoms with van der Waals surface area (Å²) in [5.74, 6) is 0.679. The lowest BCUT2D eigenvalue weighted by Crippen LogP contribution is -2.54. The van der Waals surface area contributed by atoms with E-state index in [2.05, 4.69) is 42.9 Å². The Morgan fingerprint density at radius 1 is 1.25 bits per heavy atom. The number of aliphatic imine (C=N–C) groups is 1. The maximum atomic E-state index is 11.9. The Bertz CT molecular complexity index is 579. The predicted octanol–water partition coefficient (Wildman–Crippen LogP) is 3.48. The van der Waals surface area contributed by atoms with Gasteiger partial charge < -0.3 is 20.7 Å². The van der Waals surface area contributed by atoms with Gasteiger partial charge in [0.25, 0.3) is 0 Å². The van der Waals surface area contributed by atoms with Crippen molar-refractivity contribution in [2.24, 2.45) is 4.99 Å². The number of guanidine groups is 1. The van der Waals surface area contributed by atoms with Gasteiger partial charge in [0.2, 0.25) is 0 Å². The van der Waals surface area contributed by atoms with Crippen LogP contribution >= 0.6 is 27.3 Å². The number of carbonyl (C=O) groups is 1. The highest BCUT2D eigenvalue weighted by atomic mass is 79.9. The molecule has 0 saturated heterocycles. The van der Waals surface area contributed by atoms with Gasteiger partial charge in [-0.05, 0) is 62.7 Å². The molecule has 24 heavy (non-hydrogen) atoms. The molecule has 0 atom stereocenters. The van der Waals surface area contributed by atoms with Crippen LogP contribution in [0.2, 0.25) is 0 Å². The summed E-state index contributed by atoms with van der Waals surface area (Å²) in [6, 6.07) is 4.08. The maximum Gasteiger partial charge on any atom is 0.408 e. The van der Waals surface area contributed by atoms with Crippen molar-refractivity contribution in [3.8, 4) is 0 Å². The molecule has 1 aromatic heterocycles. The molecule has 0 saturated carbocycles. The first-order chi connectivity index (χ1) is 11.0. The highest BCUT2D eigenvalue weighted by molar-refractivity contribution is 9.11. The lowest BCUT2D eigenvalue weighted by atomic mass is 10.1. The number of ether oxygens (including phenoxy) is 1. The summed E-state index contributed by atoms with van der Waals surface area (Å²) in [7, 11) is 1.72. The van der Waals surface area contributed by atoms with Crippen LogP contribution in [0.1, 0.15) is 39.5 Å². The Balaban J connectivity index is 2.44. The summed E-state index contributed by atoms with van der Waals surface area (Å²) < 4.78 is 6.39. The zero-order valence-corrected chi connectivity index (χ0v) is 17.5. The maximum absolute atomic E-state index is 11.9. The molecule has 1 heterocycles. The first-order valence-corrected chi connectivity index (χ1v) is 9.31. The van der Waals surface area contributed by atoms with Gasteiger partial charge in [-0.25, -0.2) is 4.79 Å². The van der Waals surface area contributed by atoms with E-state index >= 15 is 0 Å². The Morgan fingerprint density at radius 3 is 2.42 bits per heavy atom. The van der Waals surface area contributed by atoms with Crippen molar-refractivity contribution >= 4 is 39.3 Å². The number of carbonyl (C=O) groups excluding carboxylic acids is 1. The molecule has 0 radical (unpaired) electrons. The highest BCUT2D eigenvalue weighted by Gasteiger charge is 2.24. The molecule has 0 aliphatic carbocycles. The second-order valence-corrected chi connectivity index (χ2v) is 9.54. The quantitative estimate of drug-likeness (QED) is 0.505. The normalized spacial score (nSPS) is 12.7. The van der Waals surface area contributed by atoms with E-state index in [0.717, 1.165) is 3.79 Å². The number of nitrogens with zero attached hydrogens (tertiary/aromatic N) is 1. The minimum atomic E-state index is -0.514. The van der Waals surface area contributed by atoms with E-state index in [4.69, 9.17) is 4.74 Å². The minimum absolute atomic E-state index is 0.430. The van der Waals surface area contributed by atoms with E-state index in [-0.39, 0.29) is 0 Å². The average molecular weight is 419 g/mol. The molecule has 6 nitrogen and oxygen atoms in total. The molecule has 0 aliphatic heterocycles. The summed E-state index contributed by atoms with van der Waals surface area (Å²) in [5.41, 5.74) is -0.994. The van der Waals surface area contributed by atoms with Crippen molar-refractivity contribution in [1.29, 1.82) is 0 Å². The van der Waals surface area contributed by atoms with E-state index < -0.39 is 17.2 Å². The van der Waals surface area contributed by atoms with Crippen LogP contribution < -0.4 is 16.0 Å². The van der Waals surface area contributed by atoms with Gasteiger partial charge in [0.1, 0.15) is 5.60 Å². The lowest BCUT2D eigenvalue weighted by molar-refractivity contribution is 0.0474. The first kappa shape index (κ1) is 20.8. The molecule has 0 bridgehead atoms. The van der Waals surface area contributed by atoms with Gasteiger partial charge in [-0.3, -0.25) is 4.99 Å². The van der Waals surface area contributed by atoms with Crippen molar-refractivity contribution in [3.05, 3.63) is 20.8 Å².